The molecule has 31 heavy (non-hydrogen) atoms. The first-order valence-corrected chi connectivity index (χ1v) is 11.9. The van der Waals surface area contributed by atoms with Crippen LogP contribution in [-0.2, 0) is 9.47 Å². The highest BCUT2D eigenvalue weighted by atomic mass is 16.6. The number of benzene rings is 1. The number of fused-ring (bicyclic) bond motifs is 3. The third-order valence-corrected chi connectivity index (χ3v) is 9.03. The molecule has 4 rings (SSSR count). The fourth-order valence-electron chi connectivity index (χ4n) is 7.41. The third-order valence-electron chi connectivity index (χ3n) is 9.03. The Bertz CT molecular complexity index is 836. The molecule has 1 saturated heterocycles. The molecular formula is C27H39NO3. The van der Waals surface area contributed by atoms with E-state index in [1.165, 1.54) is 6.42 Å². The first-order chi connectivity index (χ1) is 14.5. The Kier molecular flexibility index (Phi) is 5.53. The number of para-hydroxylation sites is 1. The topological polar surface area (TPSA) is 47.6 Å². The summed E-state index contributed by atoms with van der Waals surface area (Å²) in [7, 11) is 0. The predicted octanol–water partition coefficient (Wildman–Crippen LogP) is 6.97. The molecule has 170 valence electrons. The van der Waals surface area contributed by atoms with Gasteiger partial charge in [-0.25, -0.2) is 4.79 Å². The zero-order valence-corrected chi connectivity index (χ0v) is 19.9. The molecule has 1 aliphatic heterocycles. The highest BCUT2D eigenvalue weighted by Crippen LogP contribution is 2.66. The molecular weight excluding hydrogens is 386 g/mol. The summed E-state index contributed by atoms with van der Waals surface area (Å²) in [4.78, 5) is 12.6. The Morgan fingerprint density at radius 2 is 1.71 bits per heavy atom. The van der Waals surface area contributed by atoms with Crippen molar-refractivity contribution in [2.45, 2.75) is 90.4 Å². The Hall–Kier alpha value is -1.81. The number of hydrogen-bond acceptors (Lipinski definition) is 3. The van der Waals surface area contributed by atoms with Gasteiger partial charge in [-0.2, -0.15) is 0 Å². The molecule has 0 unspecified atom stereocenters. The van der Waals surface area contributed by atoms with Crippen LogP contribution in [0.25, 0.3) is 0 Å². The van der Waals surface area contributed by atoms with E-state index < -0.39 is 0 Å². The van der Waals surface area contributed by atoms with Crippen molar-refractivity contribution >= 4 is 11.8 Å². The highest BCUT2D eigenvalue weighted by Gasteiger charge is 2.63. The Balaban J connectivity index is 1.51. The summed E-state index contributed by atoms with van der Waals surface area (Å²) in [6, 6.07) is 9.52. The monoisotopic (exact) mass is 425 g/mol. The van der Waals surface area contributed by atoms with Crippen molar-refractivity contribution in [2.24, 2.45) is 22.7 Å². The lowest BCUT2D eigenvalue weighted by atomic mass is 9.44. The Labute approximate surface area is 187 Å². The van der Waals surface area contributed by atoms with Gasteiger partial charge in [0.15, 0.2) is 0 Å². The van der Waals surface area contributed by atoms with Crippen LogP contribution < -0.4 is 5.32 Å². The molecule has 1 heterocycles. The lowest BCUT2D eigenvalue weighted by Crippen LogP contribution is -2.64. The van der Waals surface area contributed by atoms with Crippen LogP contribution in [0.1, 0.15) is 73.1 Å². The van der Waals surface area contributed by atoms with Crippen LogP contribution in [0.4, 0.5) is 10.5 Å². The second kappa shape index (κ2) is 7.65. The van der Waals surface area contributed by atoms with Crippen LogP contribution in [0.2, 0.25) is 0 Å². The fourth-order valence-corrected chi connectivity index (χ4v) is 7.41. The number of amides is 1. The van der Waals surface area contributed by atoms with Gasteiger partial charge in [0, 0.05) is 11.1 Å². The highest BCUT2D eigenvalue weighted by molar-refractivity contribution is 5.84. The molecule has 1 amide bonds. The molecule has 0 spiro atoms. The summed E-state index contributed by atoms with van der Waals surface area (Å²) < 4.78 is 12.8. The van der Waals surface area contributed by atoms with E-state index in [1.54, 1.807) is 0 Å². The van der Waals surface area contributed by atoms with Gasteiger partial charge in [-0.15, -0.1) is 6.58 Å². The normalized spacial score (nSPS) is 41.4. The van der Waals surface area contributed by atoms with Crippen LogP contribution in [0.3, 0.4) is 0 Å². The van der Waals surface area contributed by atoms with E-state index >= 15 is 0 Å². The minimum atomic E-state index is -0.351. The molecule has 0 bridgehead atoms. The Morgan fingerprint density at radius 1 is 1.03 bits per heavy atom. The minimum absolute atomic E-state index is 0.0818. The molecule has 3 aliphatic rings. The molecule has 1 aromatic rings. The molecule has 2 aliphatic carbocycles. The zero-order valence-electron chi connectivity index (χ0n) is 19.9. The number of ether oxygens (including phenoxy) is 2. The maximum Gasteiger partial charge on any atom is 0.411 e. The summed E-state index contributed by atoms with van der Waals surface area (Å²) in [6.07, 6.45) is 7.87. The predicted molar refractivity (Wildman–Crippen MR) is 125 cm³/mol. The SMILES string of the molecule is C=C[C@@]1(C)CC[C@H]2[C@]3(C)CC[C@@H](OC(=O)Nc4ccccc4)C(C)(C)[C@H]3CC[C@]2(C)O1. The summed E-state index contributed by atoms with van der Waals surface area (Å²) >= 11 is 0. The van der Waals surface area contributed by atoms with Gasteiger partial charge >= 0.3 is 6.09 Å². The zero-order chi connectivity index (χ0) is 22.5. The van der Waals surface area contributed by atoms with Crippen molar-refractivity contribution in [1.82, 2.24) is 0 Å². The maximum absolute atomic E-state index is 12.6. The largest absolute Gasteiger partial charge is 0.445 e. The molecule has 2 saturated carbocycles. The summed E-state index contributed by atoms with van der Waals surface area (Å²) in [5, 5.41) is 2.88. The quantitative estimate of drug-likeness (QED) is 0.532. The maximum atomic E-state index is 12.6. The van der Waals surface area contributed by atoms with Gasteiger partial charge in [0.05, 0.1) is 11.2 Å². The summed E-state index contributed by atoms with van der Waals surface area (Å²) in [6.45, 7) is 15.6. The van der Waals surface area contributed by atoms with Gasteiger partial charge in [0.1, 0.15) is 6.10 Å². The van der Waals surface area contributed by atoms with Crippen LogP contribution in [0.15, 0.2) is 43.0 Å². The molecule has 0 radical (unpaired) electrons. The number of carbonyl (C=O) groups excluding carboxylic acids is 1. The van der Waals surface area contributed by atoms with Crippen LogP contribution >= 0.6 is 0 Å². The number of anilines is 1. The van der Waals surface area contributed by atoms with E-state index in [-0.39, 0.29) is 34.2 Å². The standard InChI is InChI=1S/C27H39NO3/c1-7-25(4)16-13-21-26(5)17-15-22(30-23(29)28-19-11-9-8-10-12-19)24(2,3)20(26)14-18-27(21,6)31-25/h7-12,20-22H,1,13-18H2,2-6H3,(H,28,29)/t20-,21+,22-,25+,26-,27+/m1/s1. The molecule has 6 atom stereocenters. The van der Waals surface area contributed by atoms with Gasteiger partial charge in [-0.05, 0) is 81.8 Å². The van der Waals surface area contributed by atoms with Gasteiger partial charge in [0.25, 0.3) is 0 Å². The average molecular weight is 426 g/mol. The van der Waals surface area contributed by atoms with Crippen LogP contribution in [0.5, 0.6) is 0 Å². The summed E-state index contributed by atoms with van der Waals surface area (Å²) in [5.74, 6) is 1.02. The van der Waals surface area contributed by atoms with E-state index in [2.05, 4.69) is 46.5 Å². The minimum Gasteiger partial charge on any atom is -0.445 e. The molecule has 4 heteroatoms. The van der Waals surface area contributed by atoms with Crippen molar-refractivity contribution in [3.8, 4) is 0 Å². The number of carbonyl (C=O) groups is 1. The van der Waals surface area contributed by atoms with E-state index in [4.69, 9.17) is 9.47 Å². The number of hydrogen-bond donors (Lipinski definition) is 1. The van der Waals surface area contributed by atoms with E-state index in [0.717, 1.165) is 37.8 Å². The Morgan fingerprint density at radius 3 is 2.39 bits per heavy atom. The molecule has 4 nitrogen and oxygen atoms in total. The molecule has 1 aromatic carbocycles. The molecule has 3 fully saturated rings. The molecule has 1 N–H and O–H groups in total. The van der Waals surface area contributed by atoms with Crippen LogP contribution in [0, 0.1) is 22.7 Å². The lowest BCUT2D eigenvalue weighted by Gasteiger charge is -2.66. The fraction of sp³-hybridized carbons (Fsp3) is 0.667. The van der Waals surface area contributed by atoms with Gasteiger partial charge in [-0.3, -0.25) is 5.32 Å². The lowest BCUT2D eigenvalue weighted by molar-refractivity contribution is -0.261. The smallest absolute Gasteiger partial charge is 0.411 e. The molecule has 0 aromatic heterocycles. The average Bonchev–Trinajstić information content (AvgIpc) is 2.70. The van der Waals surface area contributed by atoms with Gasteiger partial charge in [-0.1, -0.05) is 45.0 Å². The van der Waals surface area contributed by atoms with E-state index in [0.29, 0.717) is 11.8 Å². The van der Waals surface area contributed by atoms with Gasteiger partial charge in [0.2, 0.25) is 0 Å². The van der Waals surface area contributed by atoms with Gasteiger partial charge < -0.3 is 9.47 Å². The van der Waals surface area contributed by atoms with Crippen molar-refractivity contribution in [3.63, 3.8) is 0 Å². The first-order valence-electron chi connectivity index (χ1n) is 11.9. The van der Waals surface area contributed by atoms with Crippen molar-refractivity contribution in [1.29, 1.82) is 0 Å². The van der Waals surface area contributed by atoms with Crippen molar-refractivity contribution in [2.75, 3.05) is 5.32 Å². The van der Waals surface area contributed by atoms with E-state index in [9.17, 15) is 4.79 Å². The third kappa shape index (κ3) is 3.82. The first kappa shape index (κ1) is 22.4. The second-order valence-electron chi connectivity index (χ2n) is 11.4. The van der Waals surface area contributed by atoms with Crippen LogP contribution in [-0.4, -0.2) is 23.4 Å². The summed E-state index contributed by atoms with van der Waals surface area (Å²) in [5.41, 5.74) is 0.542. The second-order valence-corrected chi connectivity index (χ2v) is 11.4. The van der Waals surface area contributed by atoms with Crippen molar-refractivity contribution < 1.29 is 14.3 Å². The van der Waals surface area contributed by atoms with Crippen molar-refractivity contribution in [3.05, 3.63) is 43.0 Å². The number of rotatable bonds is 3. The number of nitrogens with one attached hydrogen (secondary N) is 1. The van der Waals surface area contributed by atoms with E-state index in [1.807, 2.05) is 36.4 Å².